The molecular weight excluding hydrogens is 328 g/mol. The predicted molar refractivity (Wildman–Crippen MR) is 93.9 cm³/mol. The molecule has 24 heavy (non-hydrogen) atoms. The van der Waals surface area contributed by atoms with Crippen molar-refractivity contribution in [2.75, 3.05) is 19.8 Å². The molecule has 3 rings (SSSR count). The fourth-order valence-corrected chi connectivity index (χ4v) is 3.07. The molecule has 0 spiro atoms. The van der Waals surface area contributed by atoms with Gasteiger partial charge in [-0.3, -0.25) is 0 Å². The normalized spacial score (nSPS) is 16.2. The molecule has 1 heterocycles. The van der Waals surface area contributed by atoms with Crippen molar-refractivity contribution >= 4 is 17.6 Å². The third-order valence-corrected chi connectivity index (χ3v) is 4.58. The molecule has 1 fully saturated rings. The van der Waals surface area contributed by atoms with Crippen molar-refractivity contribution in [3.05, 3.63) is 22.7 Å². The lowest BCUT2D eigenvalue weighted by Gasteiger charge is -2.24. The van der Waals surface area contributed by atoms with Gasteiger partial charge in [-0.15, -0.1) is 0 Å². The molecule has 2 aliphatic rings. The Balaban J connectivity index is 1.60. The van der Waals surface area contributed by atoms with Crippen LogP contribution in [0.25, 0.3) is 0 Å². The second-order valence-corrected chi connectivity index (χ2v) is 7.27. The summed E-state index contributed by atoms with van der Waals surface area (Å²) in [6, 6.07) is 4.12. The highest BCUT2D eigenvalue weighted by Gasteiger charge is 2.32. The van der Waals surface area contributed by atoms with Crippen molar-refractivity contribution < 1.29 is 14.3 Å². The van der Waals surface area contributed by atoms with E-state index in [1.807, 2.05) is 17.0 Å². The molecule has 0 radical (unpaired) electrons. The summed E-state index contributed by atoms with van der Waals surface area (Å²) in [5.74, 6) is 1.84. The molecule has 1 saturated carbocycles. The first-order valence-corrected chi connectivity index (χ1v) is 9.05. The average molecular weight is 353 g/mol. The number of carbonyl (C=O) groups is 1. The minimum Gasteiger partial charge on any atom is -0.486 e. The van der Waals surface area contributed by atoms with Crippen LogP contribution in [0.4, 0.5) is 4.79 Å². The van der Waals surface area contributed by atoms with Crippen LogP contribution < -0.4 is 14.8 Å². The first-order chi connectivity index (χ1) is 11.5. The molecule has 1 aromatic carbocycles. The number of ether oxygens (including phenoxy) is 2. The minimum atomic E-state index is 0.00385. The molecule has 0 aromatic heterocycles. The van der Waals surface area contributed by atoms with E-state index in [2.05, 4.69) is 19.2 Å². The second-order valence-electron chi connectivity index (χ2n) is 6.87. The first-order valence-electron chi connectivity index (χ1n) is 8.67. The van der Waals surface area contributed by atoms with E-state index in [-0.39, 0.29) is 6.03 Å². The topological polar surface area (TPSA) is 50.8 Å². The quantitative estimate of drug-likeness (QED) is 0.846. The van der Waals surface area contributed by atoms with Crippen molar-refractivity contribution in [2.45, 2.75) is 45.7 Å². The third-order valence-electron chi connectivity index (χ3n) is 4.30. The molecular formula is C18H25ClN2O3. The van der Waals surface area contributed by atoms with Crippen LogP contribution in [0.3, 0.4) is 0 Å². The van der Waals surface area contributed by atoms with E-state index in [0.717, 1.165) is 31.4 Å². The third kappa shape index (κ3) is 4.26. The van der Waals surface area contributed by atoms with Crippen LogP contribution in [0, 0.1) is 5.92 Å². The molecule has 1 aliphatic heterocycles. The highest BCUT2D eigenvalue weighted by molar-refractivity contribution is 6.32. The number of amides is 2. The standard InChI is InChI=1S/C18H25ClN2O3/c1-12(2)5-6-21(14-3-4-14)18(22)20-11-13-9-15(19)17-16(10-13)23-7-8-24-17/h9-10,12,14H,3-8,11H2,1-2H3,(H,20,22). The van der Waals surface area contributed by atoms with E-state index < -0.39 is 0 Å². The smallest absolute Gasteiger partial charge is 0.317 e. The SMILES string of the molecule is CC(C)CCN(C(=O)NCc1cc(Cl)c2c(c1)OCCO2)C1CC1. The van der Waals surface area contributed by atoms with Gasteiger partial charge in [0.25, 0.3) is 0 Å². The number of carbonyl (C=O) groups excluding carboxylic acids is 1. The molecule has 0 bridgehead atoms. The number of nitrogens with one attached hydrogen (secondary N) is 1. The molecule has 2 amide bonds. The number of nitrogens with zero attached hydrogens (tertiary/aromatic N) is 1. The highest BCUT2D eigenvalue weighted by Crippen LogP contribution is 2.38. The number of halogens is 1. The minimum absolute atomic E-state index is 0.00385. The Morgan fingerprint density at radius 2 is 2.08 bits per heavy atom. The molecule has 1 N–H and O–H groups in total. The van der Waals surface area contributed by atoms with Gasteiger partial charge in [-0.1, -0.05) is 25.4 Å². The van der Waals surface area contributed by atoms with Gasteiger partial charge in [0, 0.05) is 19.1 Å². The van der Waals surface area contributed by atoms with Gasteiger partial charge in [0.05, 0.1) is 5.02 Å². The Morgan fingerprint density at radius 1 is 1.33 bits per heavy atom. The molecule has 0 atom stereocenters. The summed E-state index contributed by atoms with van der Waals surface area (Å²) in [5.41, 5.74) is 0.914. The second kappa shape index (κ2) is 7.51. The van der Waals surface area contributed by atoms with Crippen LogP contribution in [-0.2, 0) is 6.54 Å². The van der Waals surface area contributed by atoms with E-state index in [1.54, 1.807) is 0 Å². The summed E-state index contributed by atoms with van der Waals surface area (Å²) in [6.45, 7) is 6.63. The zero-order valence-electron chi connectivity index (χ0n) is 14.3. The van der Waals surface area contributed by atoms with Gasteiger partial charge in [0.1, 0.15) is 13.2 Å². The number of rotatable bonds is 6. The van der Waals surface area contributed by atoms with Crippen LogP contribution in [0.15, 0.2) is 12.1 Å². The monoisotopic (exact) mass is 352 g/mol. The Morgan fingerprint density at radius 3 is 2.79 bits per heavy atom. The number of benzene rings is 1. The molecule has 6 heteroatoms. The average Bonchev–Trinajstić information content (AvgIpc) is 3.38. The summed E-state index contributed by atoms with van der Waals surface area (Å²) in [6.07, 6.45) is 3.25. The van der Waals surface area contributed by atoms with Gasteiger partial charge in [0.15, 0.2) is 11.5 Å². The number of hydrogen-bond donors (Lipinski definition) is 1. The van der Waals surface area contributed by atoms with Gasteiger partial charge in [-0.05, 0) is 42.9 Å². The lowest BCUT2D eigenvalue weighted by molar-refractivity contribution is 0.171. The van der Waals surface area contributed by atoms with Crippen molar-refractivity contribution in [1.29, 1.82) is 0 Å². The number of urea groups is 1. The van der Waals surface area contributed by atoms with Crippen molar-refractivity contribution in [1.82, 2.24) is 10.2 Å². The molecule has 5 nitrogen and oxygen atoms in total. The van der Waals surface area contributed by atoms with E-state index in [0.29, 0.717) is 48.2 Å². The van der Waals surface area contributed by atoms with E-state index in [1.165, 1.54) is 0 Å². The molecule has 132 valence electrons. The predicted octanol–water partition coefficient (Wildman–Crippen LogP) is 3.83. The lowest BCUT2D eigenvalue weighted by Crippen LogP contribution is -2.42. The Labute approximate surface area is 148 Å². The fourth-order valence-electron chi connectivity index (χ4n) is 2.78. The van der Waals surface area contributed by atoms with Crippen LogP contribution >= 0.6 is 11.6 Å². The van der Waals surface area contributed by atoms with Crippen molar-refractivity contribution in [2.24, 2.45) is 5.92 Å². The fraction of sp³-hybridized carbons (Fsp3) is 0.611. The maximum atomic E-state index is 12.5. The Hall–Kier alpha value is -1.62. The summed E-state index contributed by atoms with van der Waals surface area (Å²) in [7, 11) is 0. The van der Waals surface area contributed by atoms with Crippen LogP contribution in [-0.4, -0.2) is 36.7 Å². The zero-order valence-corrected chi connectivity index (χ0v) is 15.1. The largest absolute Gasteiger partial charge is 0.486 e. The Kier molecular flexibility index (Phi) is 5.39. The van der Waals surface area contributed by atoms with Gasteiger partial charge >= 0.3 is 6.03 Å². The lowest BCUT2D eigenvalue weighted by atomic mass is 10.1. The van der Waals surface area contributed by atoms with Gasteiger partial charge in [0.2, 0.25) is 0 Å². The zero-order chi connectivity index (χ0) is 17.1. The van der Waals surface area contributed by atoms with Crippen LogP contribution in [0.2, 0.25) is 5.02 Å². The van der Waals surface area contributed by atoms with Gasteiger partial charge < -0.3 is 19.7 Å². The molecule has 0 saturated heterocycles. The number of hydrogen-bond acceptors (Lipinski definition) is 3. The molecule has 1 aromatic rings. The van der Waals surface area contributed by atoms with Crippen LogP contribution in [0.5, 0.6) is 11.5 Å². The summed E-state index contributed by atoms with van der Waals surface area (Å²) >= 11 is 6.24. The summed E-state index contributed by atoms with van der Waals surface area (Å²) in [5, 5.41) is 3.53. The first kappa shape index (κ1) is 17.2. The maximum absolute atomic E-state index is 12.5. The van der Waals surface area contributed by atoms with E-state index in [9.17, 15) is 4.79 Å². The van der Waals surface area contributed by atoms with Crippen molar-refractivity contribution in [3.63, 3.8) is 0 Å². The number of fused-ring (bicyclic) bond motifs is 1. The summed E-state index contributed by atoms with van der Waals surface area (Å²) < 4.78 is 11.1. The van der Waals surface area contributed by atoms with Crippen LogP contribution in [0.1, 0.15) is 38.7 Å². The highest BCUT2D eigenvalue weighted by atomic mass is 35.5. The summed E-state index contributed by atoms with van der Waals surface area (Å²) in [4.78, 5) is 14.5. The van der Waals surface area contributed by atoms with E-state index in [4.69, 9.17) is 21.1 Å². The van der Waals surface area contributed by atoms with Gasteiger partial charge in [-0.2, -0.15) is 0 Å². The molecule has 0 unspecified atom stereocenters. The van der Waals surface area contributed by atoms with Gasteiger partial charge in [-0.25, -0.2) is 4.79 Å². The van der Waals surface area contributed by atoms with E-state index >= 15 is 0 Å². The molecule has 1 aliphatic carbocycles. The Bertz CT molecular complexity index is 602. The van der Waals surface area contributed by atoms with Crippen molar-refractivity contribution in [3.8, 4) is 11.5 Å². The maximum Gasteiger partial charge on any atom is 0.317 e.